The lowest BCUT2D eigenvalue weighted by Gasteiger charge is -2.08. The fourth-order valence-electron chi connectivity index (χ4n) is 2.32. The summed E-state index contributed by atoms with van der Waals surface area (Å²) in [5.41, 5.74) is 1.79. The number of benzene rings is 2. The normalized spacial score (nSPS) is 10.5. The molecule has 3 rings (SSSR count). The van der Waals surface area contributed by atoms with Gasteiger partial charge in [-0.2, -0.15) is 5.26 Å². The summed E-state index contributed by atoms with van der Waals surface area (Å²) in [7, 11) is 1.56. The molecule has 1 heterocycles. The average molecular weight is 299 g/mol. The van der Waals surface area contributed by atoms with E-state index >= 15 is 0 Å². The smallest absolute Gasteiger partial charge is 0.182 e. The standard InChI is InChI=1S/C15H10FN3OS/c1-20-13-7-3-6-12-14(13)18-15(21)19(12)11-5-2-4-10(16)9(11)8-17/h2-7H,1H3,(H,18,21). The highest BCUT2D eigenvalue weighted by molar-refractivity contribution is 7.71. The maximum Gasteiger partial charge on any atom is 0.182 e. The molecule has 4 nitrogen and oxygen atoms in total. The topological polar surface area (TPSA) is 53.7 Å². The van der Waals surface area contributed by atoms with Gasteiger partial charge in [0.25, 0.3) is 0 Å². The number of nitrogens with zero attached hydrogens (tertiary/aromatic N) is 2. The molecule has 0 radical (unpaired) electrons. The molecule has 0 aliphatic carbocycles. The number of hydrogen-bond donors (Lipinski definition) is 1. The van der Waals surface area contributed by atoms with Crippen molar-refractivity contribution in [1.82, 2.24) is 9.55 Å². The molecule has 21 heavy (non-hydrogen) atoms. The van der Waals surface area contributed by atoms with Gasteiger partial charge in [-0.3, -0.25) is 4.57 Å². The van der Waals surface area contributed by atoms with Crippen molar-refractivity contribution in [1.29, 1.82) is 5.26 Å². The number of rotatable bonds is 2. The van der Waals surface area contributed by atoms with Crippen molar-refractivity contribution in [3.63, 3.8) is 0 Å². The molecule has 0 saturated carbocycles. The Morgan fingerprint density at radius 3 is 2.76 bits per heavy atom. The fraction of sp³-hybridized carbons (Fsp3) is 0.0667. The van der Waals surface area contributed by atoms with Crippen molar-refractivity contribution in [3.8, 4) is 17.5 Å². The van der Waals surface area contributed by atoms with Gasteiger partial charge >= 0.3 is 0 Å². The molecular formula is C15H10FN3OS. The van der Waals surface area contributed by atoms with E-state index in [-0.39, 0.29) is 5.56 Å². The molecular weight excluding hydrogens is 289 g/mol. The van der Waals surface area contributed by atoms with Crippen LogP contribution in [-0.4, -0.2) is 16.7 Å². The van der Waals surface area contributed by atoms with Gasteiger partial charge in [-0.25, -0.2) is 4.39 Å². The van der Waals surface area contributed by atoms with Crippen LogP contribution >= 0.6 is 12.2 Å². The number of ether oxygens (including phenoxy) is 1. The quantitative estimate of drug-likeness (QED) is 0.734. The van der Waals surface area contributed by atoms with Crippen LogP contribution in [-0.2, 0) is 0 Å². The average Bonchev–Trinajstić information content (AvgIpc) is 2.82. The van der Waals surface area contributed by atoms with Gasteiger partial charge in [-0.1, -0.05) is 12.1 Å². The number of nitrogens with one attached hydrogen (secondary N) is 1. The first kappa shape index (κ1) is 13.3. The molecule has 3 aromatic rings. The molecule has 1 N–H and O–H groups in total. The highest BCUT2D eigenvalue weighted by atomic mass is 32.1. The molecule has 1 aromatic heterocycles. The van der Waals surface area contributed by atoms with Crippen LogP contribution in [0.4, 0.5) is 4.39 Å². The van der Waals surface area contributed by atoms with E-state index in [9.17, 15) is 9.65 Å². The lowest BCUT2D eigenvalue weighted by atomic mass is 10.1. The van der Waals surface area contributed by atoms with Crippen LogP contribution in [0, 0.1) is 21.9 Å². The van der Waals surface area contributed by atoms with E-state index < -0.39 is 5.82 Å². The minimum atomic E-state index is -0.575. The monoisotopic (exact) mass is 299 g/mol. The first-order valence-corrected chi connectivity index (χ1v) is 6.55. The predicted octanol–water partition coefficient (Wildman–Crippen LogP) is 3.71. The third-order valence-electron chi connectivity index (χ3n) is 3.24. The summed E-state index contributed by atoms with van der Waals surface area (Å²) in [5.74, 6) is 0.0569. The lowest BCUT2D eigenvalue weighted by Crippen LogP contribution is -1.99. The van der Waals surface area contributed by atoms with Gasteiger partial charge in [-0.15, -0.1) is 0 Å². The molecule has 2 aromatic carbocycles. The zero-order chi connectivity index (χ0) is 15.0. The molecule has 0 spiro atoms. The van der Waals surface area contributed by atoms with Crippen LogP contribution in [0.25, 0.3) is 16.7 Å². The van der Waals surface area contributed by atoms with Gasteiger partial charge in [0.2, 0.25) is 0 Å². The lowest BCUT2D eigenvalue weighted by molar-refractivity contribution is 0.419. The highest BCUT2D eigenvalue weighted by Gasteiger charge is 2.15. The van der Waals surface area contributed by atoms with Gasteiger partial charge in [-0.05, 0) is 36.5 Å². The molecule has 0 bridgehead atoms. The third kappa shape index (κ3) is 1.99. The molecule has 0 aliphatic heterocycles. The van der Waals surface area contributed by atoms with Crippen molar-refractivity contribution >= 4 is 23.3 Å². The van der Waals surface area contributed by atoms with Crippen molar-refractivity contribution in [2.45, 2.75) is 0 Å². The zero-order valence-electron chi connectivity index (χ0n) is 11.1. The molecule has 6 heteroatoms. The van der Waals surface area contributed by atoms with E-state index in [0.717, 1.165) is 5.52 Å². The minimum Gasteiger partial charge on any atom is -0.494 e. The summed E-state index contributed by atoms with van der Waals surface area (Å²) >= 11 is 5.31. The first-order valence-electron chi connectivity index (χ1n) is 6.14. The Hall–Kier alpha value is -2.65. The molecule has 0 atom stereocenters. The number of halogens is 1. The molecule has 0 amide bonds. The minimum absolute atomic E-state index is 0.0441. The Morgan fingerprint density at radius 2 is 2.05 bits per heavy atom. The highest BCUT2D eigenvalue weighted by Crippen LogP contribution is 2.28. The van der Waals surface area contributed by atoms with Gasteiger partial charge in [0.05, 0.1) is 18.3 Å². The largest absolute Gasteiger partial charge is 0.494 e. The van der Waals surface area contributed by atoms with Crippen molar-refractivity contribution in [3.05, 3.63) is 52.5 Å². The zero-order valence-corrected chi connectivity index (χ0v) is 11.9. The molecule has 0 unspecified atom stereocenters. The van der Waals surface area contributed by atoms with Gasteiger partial charge in [0.15, 0.2) is 4.77 Å². The number of methoxy groups -OCH3 is 1. The summed E-state index contributed by atoms with van der Waals surface area (Å²) in [5, 5.41) is 9.19. The summed E-state index contributed by atoms with van der Waals surface area (Å²) in [6, 6.07) is 11.8. The van der Waals surface area contributed by atoms with Gasteiger partial charge in [0, 0.05) is 0 Å². The second kappa shape index (κ2) is 5.04. The maximum absolute atomic E-state index is 13.8. The number of aromatic amines is 1. The van der Waals surface area contributed by atoms with E-state index in [1.54, 1.807) is 29.9 Å². The van der Waals surface area contributed by atoms with Gasteiger partial charge in [0.1, 0.15) is 28.7 Å². The number of nitriles is 1. The van der Waals surface area contributed by atoms with Crippen LogP contribution in [0.1, 0.15) is 5.56 Å². The summed E-state index contributed by atoms with van der Waals surface area (Å²) < 4.78 is 21.1. The predicted molar refractivity (Wildman–Crippen MR) is 79.7 cm³/mol. The van der Waals surface area contributed by atoms with Crippen molar-refractivity contribution in [2.75, 3.05) is 7.11 Å². The maximum atomic E-state index is 13.8. The number of para-hydroxylation sites is 1. The third-order valence-corrected chi connectivity index (χ3v) is 3.53. The van der Waals surface area contributed by atoms with E-state index in [4.69, 9.17) is 17.0 Å². The Morgan fingerprint density at radius 1 is 1.29 bits per heavy atom. The van der Waals surface area contributed by atoms with E-state index in [0.29, 0.717) is 21.7 Å². The molecule has 0 fully saturated rings. The number of fused-ring (bicyclic) bond motifs is 1. The van der Waals surface area contributed by atoms with E-state index in [2.05, 4.69) is 4.98 Å². The van der Waals surface area contributed by atoms with Crippen molar-refractivity contribution < 1.29 is 9.13 Å². The second-order valence-electron chi connectivity index (χ2n) is 4.37. The van der Waals surface area contributed by atoms with Gasteiger partial charge < -0.3 is 9.72 Å². The second-order valence-corrected chi connectivity index (χ2v) is 4.75. The Bertz CT molecular complexity index is 936. The molecule has 0 saturated heterocycles. The molecule has 0 aliphatic rings. The Kier molecular flexibility index (Phi) is 3.20. The Labute approximate surface area is 125 Å². The summed E-state index contributed by atoms with van der Waals surface area (Å²) in [4.78, 5) is 3.04. The number of imidazole rings is 1. The number of H-pyrrole nitrogens is 1. The number of aromatic nitrogens is 2. The summed E-state index contributed by atoms with van der Waals surface area (Å²) in [6.07, 6.45) is 0. The van der Waals surface area contributed by atoms with Crippen LogP contribution in [0.5, 0.6) is 5.75 Å². The Balaban J connectivity index is 2.43. The van der Waals surface area contributed by atoms with Crippen LogP contribution in [0.2, 0.25) is 0 Å². The molecule has 104 valence electrons. The summed E-state index contributed by atoms with van der Waals surface area (Å²) in [6.45, 7) is 0. The van der Waals surface area contributed by atoms with Crippen molar-refractivity contribution in [2.24, 2.45) is 0 Å². The van der Waals surface area contributed by atoms with Crippen LogP contribution in [0.3, 0.4) is 0 Å². The van der Waals surface area contributed by atoms with Crippen LogP contribution < -0.4 is 4.74 Å². The first-order chi connectivity index (χ1) is 10.2. The number of hydrogen-bond acceptors (Lipinski definition) is 3. The van der Waals surface area contributed by atoms with E-state index in [1.165, 1.54) is 6.07 Å². The van der Waals surface area contributed by atoms with Crippen LogP contribution in [0.15, 0.2) is 36.4 Å². The van der Waals surface area contributed by atoms with E-state index in [1.807, 2.05) is 18.2 Å². The fourth-order valence-corrected chi connectivity index (χ4v) is 2.62. The SMILES string of the molecule is COc1cccc2c1[nH]c(=S)n2-c1cccc(F)c1C#N.